The highest BCUT2D eigenvalue weighted by Crippen LogP contribution is 2.58. The summed E-state index contributed by atoms with van der Waals surface area (Å²) < 4.78 is 1.84. The maximum Gasteiger partial charge on any atom is 0.191 e. The highest BCUT2D eigenvalue weighted by atomic mass is 32.3. The van der Waals surface area contributed by atoms with E-state index in [0.29, 0.717) is 12.7 Å². The molecule has 0 radical (unpaired) electrons. The molecule has 1 heterocycles. The predicted octanol–water partition coefficient (Wildman–Crippen LogP) is 3.41. The van der Waals surface area contributed by atoms with Crippen LogP contribution in [0.15, 0.2) is 18.3 Å². The average molecular weight is 314 g/mol. The molecule has 4 nitrogen and oxygen atoms in total. The Labute approximate surface area is 121 Å². The molecule has 0 aromatic heterocycles. The zero-order valence-electron chi connectivity index (χ0n) is 9.34. The number of rotatable bonds is 2. The van der Waals surface area contributed by atoms with Gasteiger partial charge in [-0.2, -0.15) is 10.5 Å². The normalized spacial score (nSPS) is 14.1. The third-order valence-electron chi connectivity index (χ3n) is 1.44. The molecule has 0 unspecified atom stereocenters. The lowest BCUT2D eigenvalue weighted by Gasteiger charge is -1.98. The number of allylic oxidation sites excluding steroid dienone is 1. The topological polar surface area (TPSA) is 81.7 Å². The third-order valence-corrected chi connectivity index (χ3v) is 6.37. The molecule has 1 rings (SSSR count). The van der Waals surface area contributed by atoms with Crippen LogP contribution in [0, 0.1) is 22.7 Å². The van der Waals surface area contributed by atoms with Crippen LogP contribution >= 0.6 is 47.0 Å². The maximum absolute atomic E-state index is 11.1. The molecule has 0 amide bonds. The van der Waals surface area contributed by atoms with Crippen molar-refractivity contribution in [1.82, 2.24) is 0 Å². The first-order valence-electron chi connectivity index (χ1n) is 4.49. The number of hydrogen-bond acceptors (Lipinski definition) is 8. The Balaban J connectivity index is 3.04. The monoisotopic (exact) mass is 314 g/mol. The fourth-order valence-corrected chi connectivity index (χ4v) is 5.98. The molecule has 0 bridgehead atoms. The first-order valence-corrected chi connectivity index (χ1v) is 7.75. The molecule has 92 valence electrons. The Morgan fingerprint density at radius 2 is 1.39 bits per heavy atom. The van der Waals surface area contributed by atoms with Crippen molar-refractivity contribution in [1.29, 1.82) is 10.5 Å². The van der Waals surface area contributed by atoms with Gasteiger partial charge in [0, 0.05) is 13.8 Å². The molecule has 0 N–H and O–H groups in total. The second kappa shape index (κ2) is 6.95. The standard InChI is InChI=1S/C10H6N2O2S4/c1-5(13)15-9-10(16-6(2)14)18-8(17-9)7(3-11)4-12/h1-2H3. The highest BCUT2D eigenvalue weighted by molar-refractivity contribution is 8.44. The van der Waals surface area contributed by atoms with Crippen LogP contribution in [0.1, 0.15) is 13.8 Å². The Kier molecular flexibility index (Phi) is 5.89. The van der Waals surface area contributed by atoms with Crippen LogP contribution in [-0.2, 0) is 9.59 Å². The first kappa shape index (κ1) is 15.3. The molecule has 1 aliphatic heterocycles. The van der Waals surface area contributed by atoms with E-state index in [9.17, 15) is 9.59 Å². The number of hydrogen-bond donors (Lipinski definition) is 0. The zero-order chi connectivity index (χ0) is 13.7. The van der Waals surface area contributed by atoms with Crippen LogP contribution in [0.3, 0.4) is 0 Å². The van der Waals surface area contributed by atoms with E-state index in [-0.39, 0.29) is 15.8 Å². The summed E-state index contributed by atoms with van der Waals surface area (Å²) in [4.78, 5) is 22.2. The second-order valence-corrected chi connectivity index (χ2v) is 8.04. The van der Waals surface area contributed by atoms with E-state index in [4.69, 9.17) is 10.5 Å². The van der Waals surface area contributed by atoms with E-state index in [1.807, 2.05) is 0 Å². The summed E-state index contributed by atoms with van der Waals surface area (Å²) in [6, 6.07) is 3.61. The van der Waals surface area contributed by atoms with Crippen molar-refractivity contribution in [2.75, 3.05) is 0 Å². The third kappa shape index (κ3) is 4.14. The minimum Gasteiger partial charge on any atom is -0.287 e. The molecule has 8 heteroatoms. The summed E-state index contributed by atoms with van der Waals surface area (Å²) in [6.07, 6.45) is 0. The van der Waals surface area contributed by atoms with Crippen LogP contribution in [0.4, 0.5) is 0 Å². The lowest BCUT2D eigenvalue weighted by atomic mass is 10.4. The van der Waals surface area contributed by atoms with E-state index < -0.39 is 0 Å². The number of thioether (sulfide) groups is 4. The smallest absolute Gasteiger partial charge is 0.191 e. The van der Waals surface area contributed by atoms with Crippen molar-refractivity contribution >= 4 is 57.3 Å². The molecule has 0 fully saturated rings. The molecule has 0 aromatic rings. The number of nitriles is 2. The van der Waals surface area contributed by atoms with Gasteiger partial charge in [0.15, 0.2) is 10.2 Å². The maximum atomic E-state index is 11.1. The van der Waals surface area contributed by atoms with Crippen molar-refractivity contribution in [3.05, 3.63) is 18.3 Å². The van der Waals surface area contributed by atoms with Crippen molar-refractivity contribution in [2.45, 2.75) is 13.8 Å². The summed E-state index contributed by atoms with van der Waals surface area (Å²) in [5.74, 6) is 0. The van der Waals surface area contributed by atoms with Crippen LogP contribution < -0.4 is 0 Å². The fourth-order valence-electron chi connectivity index (χ4n) is 0.877. The van der Waals surface area contributed by atoms with Crippen molar-refractivity contribution in [2.24, 2.45) is 0 Å². The van der Waals surface area contributed by atoms with Crippen LogP contribution in [0.2, 0.25) is 0 Å². The molecule has 18 heavy (non-hydrogen) atoms. The summed E-state index contributed by atoms with van der Waals surface area (Å²) in [5.41, 5.74) is 0.00537. The molecule has 0 aromatic carbocycles. The van der Waals surface area contributed by atoms with E-state index in [0.717, 1.165) is 23.5 Å². The molecule has 0 spiro atoms. The van der Waals surface area contributed by atoms with Crippen LogP contribution in [0.25, 0.3) is 0 Å². The van der Waals surface area contributed by atoms with Gasteiger partial charge < -0.3 is 0 Å². The minimum absolute atomic E-state index is 0.00537. The van der Waals surface area contributed by atoms with Gasteiger partial charge in [-0.1, -0.05) is 23.5 Å². The quantitative estimate of drug-likeness (QED) is 0.717. The van der Waals surface area contributed by atoms with E-state index in [1.165, 1.54) is 37.4 Å². The van der Waals surface area contributed by atoms with Crippen LogP contribution in [-0.4, -0.2) is 10.2 Å². The van der Waals surface area contributed by atoms with Gasteiger partial charge in [-0.25, -0.2) is 0 Å². The average Bonchev–Trinajstić information content (AvgIpc) is 2.61. The number of carbonyl (C=O) groups excluding carboxylic acids is 2. The summed E-state index contributed by atoms with van der Waals surface area (Å²) in [5, 5.41) is 17.4. The van der Waals surface area contributed by atoms with Gasteiger partial charge in [0.1, 0.15) is 17.7 Å². The molecule has 0 saturated carbocycles. The van der Waals surface area contributed by atoms with E-state index in [2.05, 4.69) is 0 Å². The minimum atomic E-state index is -0.100. The summed E-state index contributed by atoms with van der Waals surface area (Å²) >= 11 is 4.41. The SMILES string of the molecule is CC(=O)SC1=C(SC(C)=O)SC(=C(C#N)C#N)S1. The van der Waals surface area contributed by atoms with Crippen LogP contribution in [0.5, 0.6) is 0 Å². The highest BCUT2D eigenvalue weighted by Gasteiger charge is 2.27. The van der Waals surface area contributed by atoms with E-state index >= 15 is 0 Å². The van der Waals surface area contributed by atoms with Gasteiger partial charge in [-0.3, -0.25) is 9.59 Å². The molecule has 1 aliphatic rings. The molecule has 0 saturated heterocycles. The fraction of sp³-hybridized carbons (Fsp3) is 0.200. The summed E-state index contributed by atoms with van der Waals surface area (Å²) in [7, 11) is 0. The summed E-state index contributed by atoms with van der Waals surface area (Å²) in [6.45, 7) is 2.85. The molecule has 0 aliphatic carbocycles. The second-order valence-electron chi connectivity index (χ2n) is 2.85. The van der Waals surface area contributed by atoms with Gasteiger partial charge in [-0.15, -0.1) is 0 Å². The van der Waals surface area contributed by atoms with Gasteiger partial charge in [0.25, 0.3) is 0 Å². The Morgan fingerprint density at radius 1 is 1.00 bits per heavy atom. The lowest BCUT2D eigenvalue weighted by molar-refractivity contribution is -0.109. The number of nitrogens with zero attached hydrogens (tertiary/aromatic N) is 2. The Morgan fingerprint density at radius 3 is 1.67 bits per heavy atom. The lowest BCUT2D eigenvalue weighted by Crippen LogP contribution is -1.83. The van der Waals surface area contributed by atoms with Crippen molar-refractivity contribution in [3.63, 3.8) is 0 Å². The Hall–Kier alpha value is -0.800. The van der Waals surface area contributed by atoms with Gasteiger partial charge in [0.05, 0.1) is 12.7 Å². The largest absolute Gasteiger partial charge is 0.287 e. The van der Waals surface area contributed by atoms with Gasteiger partial charge in [0.2, 0.25) is 0 Å². The van der Waals surface area contributed by atoms with Gasteiger partial charge >= 0.3 is 0 Å². The van der Waals surface area contributed by atoms with E-state index in [1.54, 1.807) is 12.1 Å². The van der Waals surface area contributed by atoms with Crippen molar-refractivity contribution in [3.8, 4) is 12.1 Å². The van der Waals surface area contributed by atoms with Crippen molar-refractivity contribution < 1.29 is 9.59 Å². The Bertz CT molecular complexity index is 505. The first-order chi connectivity index (χ1) is 8.47. The zero-order valence-corrected chi connectivity index (χ0v) is 12.6. The predicted molar refractivity (Wildman–Crippen MR) is 77.0 cm³/mol. The molecule has 0 atom stereocenters. The molecular formula is C10H6N2O2S4. The molecular weight excluding hydrogens is 308 g/mol. The number of carbonyl (C=O) groups is 2. The van der Waals surface area contributed by atoms with Gasteiger partial charge in [-0.05, 0) is 23.5 Å².